The Balaban J connectivity index is 1.44. The molecule has 5 heteroatoms. The molecule has 0 spiro atoms. The average Bonchev–Trinajstić information content (AvgIpc) is 3.41. The van der Waals surface area contributed by atoms with Gasteiger partial charge in [-0.05, 0) is 29.5 Å². The van der Waals surface area contributed by atoms with Gasteiger partial charge in [0.1, 0.15) is 0 Å². The molecule has 25 heavy (non-hydrogen) atoms. The Morgan fingerprint density at radius 3 is 2.44 bits per heavy atom. The molecule has 0 saturated heterocycles. The summed E-state index contributed by atoms with van der Waals surface area (Å²) in [6, 6.07) is 19.1. The summed E-state index contributed by atoms with van der Waals surface area (Å²) in [6.07, 6.45) is 1.09. The van der Waals surface area contributed by atoms with Gasteiger partial charge < -0.3 is 10.4 Å². The Bertz CT molecular complexity index is 867. The minimum absolute atomic E-state index is 0.451. The molecule has 0 radical (unpaired) electrons. The minimum atomic E-state index is -1.23. The molecule has 1 aliphatic rings. The number of H-pyrrole nitrogens is 1. The lowest BCUT2D eigenvalue weighted by Gasteiger charge is -2.11. The molecule has 1 heterocycles. The first kappa shape index (κ1) is 15.6. The summed E-state index contributed by atoms with van der Waals surface area (Å²) in [4.78, 5) is 12.2. The predicted octanol–water partition coefficient (Wildman–Crippen LogP) is 3.63. The molecule has 5 nitrogen and oxygen atoms in total. The second-order valence-corrected chi connectivity index (χ2v) is 6.36. The highest BCUT2D eigenvalue weighted by Gasteiger charge is 2.26. The van der Waals surface area contributed by atoms with Gasteiger partial charge in [0.05, 0.1) is 0 Å². The van der Waals surface area contributed by atoms with Crippen LogP contribution in [0.1, 0.15) is 36.1 Å². The molecule has 3 N–H and O–H groups in total. The van der Waals surface area contributed by atoms with Crippen LogP contribution in [0.5, 0.6) is 0 Å². The maximum Gasteiger partial charge on any atom is 0.259 e. The molecule has 4 rings (SSSR count). The van der Waals surface area contributed by atoms with Crippen molar-refractivity contribution in [3.8, 4) is 11.1 Å². The summed E-state index contributed by atoms with van der Waals surface area (Å²) in [5.74, 6) is 0.502. The number of aromatic amines is 1. The molecule has 0 bridgehead atoms. The van der Waals surface area contributed by atoms with E-state index in [1.165, 1.54) is 0 Å². The second-order valence-electron chi connectivity index (χ2n) is 6.36. The fraction of sp³-hybridized carbons (Fsp3) is 0.200. The van der Waals surface area contributed by atoms with Crippen LogP contribution in [-0.4, -0.2) is 21.2 Å². The number of carbonyl (C=O) groups is 1. The van der Waals surface area contributed by atoms with Crippen molar-refractivity contribution >= 4 is 11.7 Å². The summed E-state index contributed by atoms with van der Waals surface area (Å²) in [5.41, 5.74) is 3.72. The summed E-state index contributed by atoms with van der Waals surface area (Å²) in [6.45, 7) is 0. The molecule has 3 aromatic rings. The van der Waals surface area contributed by atoms with Gasteiger partial charge in [-0.3, -0.25) is 9.89 Å². The zero-order chi connectivity index (χ0) is 17.2. The molecule has 1 aromatic heterocycles. The van der Waals surface area contributed by atoms with Gasteiger partial charge in [-0.25, -0.2) is 0 Å². The summed E-state index contributed by atoms with van der Waals surface area (Å²) >= 11 is 0. The van der Waals surface area contributed by atoms with E-state index in [2.05, 4.69) is 15.5 Å². The highest BCUT2D eigenvalue weighted by atomic mass is 16.3. The Morgan fingerprint density at radius 2 is 1.76 bits per heavy atom. The number of aliphatic hydroxyl groups is 1. The molecule has 1 fully saturated rings. The number of aromatic nitrogens is 2. The normalized spacial score (nSPS) is 14.9. The number of aliphatic hydroxyl groups excluding tert-OH is 1. The minimum Gasteiger partial charge on any atom is -0.378 e. The van der Waals surface area contributed by atoms with Crippen LogP contribution in [0.25, 0.3) is 11.1 Å². The van der Waals surface area contributed by atoms with Gasteiger partial charge in [-0.15, -0.1) is 0 Å². The number of nitrogens with one attached hydrogen (secondary N) is 2. The first-order valence-corrected chi connectivity index (χ1v) is 8.40. The molecular weight excluding hydrogens is 314 g/mol. The van der Waals surface area contributed by atoms with Crippen molar-refractivity contribution in [2.45, 2.75) is 24.9 Å². The number of amides is 1. The molecule has 126 valence electrons. The number of benzene rings is 2. The van der Waals surface area contributed by atoms with Crippen molar-refractivity contribution in [2.24, 2.45) is 0 Å². The molecular formula is C20H19N3O2. The SMILES string of the molecule is O=C(Nc1cc(C2CC2)[nH]n1)C(O)c1ccc(-c2ccccc2)cc1. The Hall–Kier alpha value is -2.92. The third-order valence-electron chi connectivity index (χ3n) is 4.45. The monoisotopic (exact) mass is 333 g/mol. The van der Waals surface area contributed by atoms with Crippen molar-refractivity contribution < 1.29 is 9.90 Å². The maximum atomic E-state index is 12.2. The molecule has 1 aliphatic carbocycles. The van der Waals surface area contributed by atoms with Crippen molar-refractivity contribution in [3.63, 3.8) is 0 Å². The highest BCUT2D eigenvalue weighted by Crippen LogP contribution is 2.39. The van der Waals surface area contributed by atoms with E-state index in [1.807, 2.05) is 48.5 Å². The molecule has 1 atom stereocenters. The van der Waals surface area contributed by atoms with E-state index in [-0.39, 0.29) is 0 Å². The zero-order valence-electron chi connectivity index (χ0n) is 13.6. The van der Waals surface area contributed by atoms with E-state index in [4.69, 9.17) is 0 Å². The van der Waals surface area contributed by atoms with Crippen LogP contribution in [0, 0.1) is 0 Å². The lowest BCUT2D eigenvalue weighted by Crippen LogP contribution is -2.21. The summed E-state index contributed by atoms with van der Waals surface area (Å²) < 4.78 is 0. The standard InChI is InChI=1S/C20H19N3O2/c24-19(20(25)21-18-12-17(22-23-18)15-8-9-15)16-10-6-14(7-11-16)13-4-2-1-3-5-13/h1-7,10-12,15,19,24H,8-9H2,(H2,21,22,23,25). The summed E-state index contributed by atoms with van der Waals surface area (Å²) in [7, 11) is 0. The van der Waals surface area contributed by atoms with Crippen LogP contribution >= 0.6 is 0 Å². The fourth-order valence-corrected chi connectivity index (χ4v) is 2.84. The molecule has 1 unspecified atom stereocenters. The lowest BCUT2D eigenvalue weighted by atomic mass is 10.0. The van der Waals surface area contributed by atoms with Gasteiger partial charge >= 0.3 is 0 Å². The fourth-order valence-electron chi connectivity index (χ4n) is 2.84. The third kappa shape index (κ3) is 3.46. The van der Waals surface area contributed by atoms with Crippen LogP contribution in [0.3, 0.4) is 0 Å². The number of nitrogens with zero attached hydrogens (tertiary/aromatic N) is 1. The topological polar surface area (TPSA) is 78.0 Å². The highest BCUT2D eigenvalue weighted by molar-refractivity contribution is 5.94. The van der Waals surface area contributed by atoms with Crippen LogP contribution in [0.4, 0.5) is 5.82 Å². The van der Waals surface area contributed by atoms with Gasteiger partial charge in [-0.2, -0.15) is 5.10 Å². The van der Waals surface area contributed by atoms with E-state index < -0.39 is 12.0 Å². The van der Waals surface area contributed by atoms with Crippen molar-refractivity contribution in [2.75, 3.05) is 5.32 Å². The first-order chi connectivity index (χ1) is 12.2. The van der Waals surface area contributed by atoms with E-state index in [1.54, 1.807) is 12.1 Å². The van der Waals surface area contributed by atoms with E-state index in [9.17, 15) is 9.90 Å². The summed E-state index contributed by atoms with van der Waals surface area (Å²) in [5, 5.41) is 20.0. The average molecular weight is 333 g/mol. The van der Waals surface area contributed by atoms with Crippen molar-refractivity contribution in [1.29, 1.82) is 0 Å². The van der Waals surface area contributed by atoms with Crippen LogP contribution in [-0.2, 0) is 4.79 Å². The zero-order valence-corrected chi connectivity index (χ0v) is 13.6. The van der Waals surface area contributed by atoms with Gasteiger partial charge in [0.2, 0.25) is 0 Å². The predicted molar refractivity (Wildman–Crippen MR) is 96.0 cm³/mol. The smallest absolute Gasteiger partial charge is 0.259 e. The van der Waals surface area contributed by atoms with Crippen LogP contribution in [0.2, 0.25) is 0 Å². The van der Waals surface area contributed by atoms with E-state index in [0.717, 1.165) is 29.7 Å². The lowest BCUT2D eigenvalue weighted by molar-refractivity contribution is -0.124. The first-order valence-electron chi connectivity index (χ1n) is 8.40. The van der Waals surface area contributed by atoms with E-state index in [0.29, 0.717) is 17.3 Å². The molecule has 0 aliphatic heterocycles. The van der Waals surface area contributed by atoms with Crippen molar-refractivity contribution in [1.82, 2.24) is 10.2 Å². The maximum absolute atomic E-state index is 12.2. The molecule has 1 saturated carbocycles. The Labute approximate surface area is 145 Å². The van der Waals surface area contributed by atoms with Gasteiger partial charge in [-0.1, -0.05) is 54.6 Å². The Kier molecular flexibility index (Phi) is 4.07. The quantitative estimate of drug-likeness (QED) is 0.667. The Morgan fingerprint density at radius 1 is 1.08 bits per heavy atom. The molecule has 2 aromatic carbocycles. The van der Waals surface area contributed by atoms with Gasteiger partial charge in [0.15, 0.2) is 11.9 Å². The second kappa shape index (κ2) is 6.53. The number of carbonyl (C=O) groups excluding carboxylic acids is 1. The van der Waals surface area contributed by atoms with Crippen LogP contribution < -0.4 is 5.32 Å². The third-order valence-corrected chi connectivity index (χ3v) is 4.45. The number of hydrogen-bond donors (Lipinski definition) is 3. The largest absolute Gasteiger partial charge is 0.378 e. The van der Waals surface area contributed by atoms with Gasteiger partial charge in [0, 0.05) is 17.7 Å². The van der Waals surface area contributed by atoms with E-state index >= 15 is 0 Å². The van der Waals surface area contributed by atoms with Crippen molar-refractivity contribution in [3.05, 3.63) is 71.9 Å². The number of anilines is 1. The number of hydrogen-bond acceptors (Lipinski definition) is 3. The van der Waals surface area contributed by atoms with Crippen LogP contribution in [0.15, 0.2) is 60.7 Å². The van der Waals surface area contributed by atoms with Gasteiger partial charge in [0.25, 0.3) is 5.91 Å². The number of rotatable bonds is 5. The molecule has 1 amide bonds.